The Morgan fingerprint density at radius 1 is 1.27 bits per heavy atom. The fraction of sp³-hybridized carbons (Fsp3) is 0.846. The van der Waals surface area contributed by atoms with Crippen LogP contribution in [0.4, 0.5) is 4.79 Å². The van der Waals surface area contributed by atoms with Gasteiger partial charge < -0.3 is 16.0 Å². The number of rotatable bonds is 3. The maximum absolute atomic E-state index is 12.7. The van der Waals surface area contributed by atoms with Gasteiger partial charge in [-0.3, -0.25) is 4.79 Å². The van der Waals surface area contributed by atoms with E-state index in [4.69, 9.17) is 5.73 Å². The third-order valence-corrected chi connectivity index (χ3v) is 5.10. The number of piperazine rings is 1. The van der Waals surface area contributed by atoms with Gasteiger partial charge in [0.05, 0.1) is 6.26 Å². The Balaban J connectivity index is 2.88. The second kappa shape index (κ2) is 6.41. The van der Waals surface area contributed by atoms with Crippen molar-refractivity contribution in [3.05, 3.63) is 0 Å². The van der Waals surface area contributed by atoms with Gasteiger partial charge in [0.15, 0.2) is 0 Å². The molecule has 0 aromatic carbocycles. The van der Waals surface area contributed by atoms with E-state index in [1.165, 1.54) is 4.31 Å². The first-order chi connectivity index (χ1) is 9.84. The number of sulfonamides is 1. The van der Waals surface area contributed by atoms with Gasteiger partial charge in [-0.05, 0) is 12.3 Å². The maximum atomic E-state index is 12.7. The summed E-state index contributed by atoms with van der Waals surface area (Å²) in [5.41, 5.74) is 4.66. The molecule has 0 bridgehead atoms. The summed E-state index contributed by atoms with van der Waals surface area (Å²) in [6.45, 7) is 8.10. The van der Waals surface area contributed by atoms with Crippen LogP contribution in [-0.4, -0.2) is 67.5 Å². The SMILES string of the molecule is C[C@H]1CN(C(=O)[C@@H](NC(N)=O)C(C)(C)C)CCN1S(C)(=O)=O. The molecule has 1 fully saturated rings. The van der Waals surface area contributed by atoms with Crippen molar-refractivity contribution in [3.8, 4) is 0 Å². The molecule has 1 rings (SSSR count). The number of nitrogens with one attached hydrogen (secondary N) is 1. The molecule has 3 amide bonds. The number of hydrogen-bond acceptors (Lipinski definition) is 4. The first-order valence-electron chi connectivity index (χ1n) is 7.15. The third-order valence-electron chi connectivity index (χ3n) is 3.70. The van der Waals surface area contributed by atoms with E-state index in [9.17, 15) is 18.0 Å². The molecular weight excluding hydrogens is 308 g/mol. The Kier molecular flexibility index (Phi) is 5.45. The normalized spacial score (nSPS) is 22.2. The number of carbonyl (C=O) groups is 2. The predicted octanol–water partition coefficient (Wildman–Crippen LogP) is -0.438. The van der Waals surface area contributed by atoms with E-state index in [0.29, 0.717) is 13.1 Å². The van der Waals surface area contributed by atoms with Crippen LogP contribution in [0.2, 0.25) is 0 Å². The highest BCUT2D eigenvalue weighted by molar-refractivity contribution is 7.88. The van der Waals surface area contributed by atoms with E-state index in [0.717, 1.165) is 6.26 Å². The standard InChI is InChI=1S/C13H26N4O4S/c1-9-8-16(6-7-17(9)22(5,20)21)11(18)10(13(2,3)4)15-12(14)19/h9-10H,6-8H2,1-5H3,(H3,14,15,19)/t9-,10+/m0/s1. The Bertz CT molecular complexity index is 541. The summed E-state index contributed by atoms with van der Waals surface area (Å²) < 4.78 is 24.7. The highest BCUT2D eigenvalue weighted by Crippen LogP contribution is 2.23. The molecule has 0 radical (unpaired) electrons. The van der Waals surface area contributed by atoms with Crippen LogP contribution in [0.25, 0.3) is 0 Å². The summed E-state index contributed by atoms with van der Waals surface area (Å²) in [6.07, 6.45) is 1.16. The number of carbonyl (C=O) groups excluding carboxylic acids is 2. The van der Waals surface area contributed by atoms with Crippen molar-refractivity contribution >= 4 is 22.0 Å². The first-order valence-corrected chi connectivity index (χ1v) is 9.00. The van der Waals surface area contributed by atoms with E-state index in [2.05, 4.69) is 5.32 Å². The van der Waals surface area contributed by atoms with Crippen molar-refractivity contribution in [1.82, 2.24) is 14.5 Å². The van der Waals surface area contributed by atoms with Crippen LogP contribution in [0.5, 0.6) is 0 Å². The fourth-order valence-corrected chi connectivity index (χ4v) is 3.74. The molecule has 0 aromatic heterocycles. The Morgan fingerprint density at radius 2 is 1.82 bits per heavy atom. The molecule has 1 aliphatic heterocycles. The van der Waals surface area contributed by atoms with Gasteiger partial charge >= 0.3 is 6.03 Å². The van der Waals surface area contributed by atoms with Crippen LogP contribution >= 0.6 is 0 Å². The zero-order valence-electron chi connectivity index (χ0n) is 13.8. The molecule has 1 heterocycles. The molecule has 0 spiro atoms. The highest BCUT2D eigenvalue weighted by atomic mass is 32.2. The van der Waals surface area contributed by atoms with E-state index in [-0.39, 0.29) is 18.5 Å². The lowest BCUT2D eigenvalue weighted by molar-refractivity contribution is -0.137. The largest absolute Gasteiger partial charge is 0.352 e. The summed E-state index contributed by atoms with van der Waals surface area (Å²) in [5.74, 6) is -0.244. The first kappa shape index (κ1) is 18.7. The number of nitrogens with zero attached hydrogens (tertiary/aromatic N) is 2. The lowest BCUT2D eigenvalue weighted by atomic mass is 9.85. The monoisotopic (exact) mass is 334 g/mol. The van der Waals surface area contributed by atoms with Gasteiger partial charge in [-0.25, -0.2) is 13.2 Å². The Hall–Kier alpha value is -1.35. The summed E-state index contributed by atoms with van der Waals surface area (Å²) in [7, 11) is -3.29. The summed E-state index contributed by atoms with van der Waals surface area (Å²) in [6, 6.07) is -1.81. The van der Waals surface area contributed by atoms with Gasteiger partial charge in [0.1, 0.15) is 6.04 Å². The molecule has 0 aliphatic carbocycles. The Morgan fingerprint density at radius 3 is 2.18 bits per heavy atom. The number of primary amides is 1. The van der Waals surface area contributed by atoms with Gasteiger partial charge in [-0.1, -0.05) is 20.8 Å². The van der Waals surface area contributed by atoms with Crippen molar-refractivity contribution in [3.63, 3.8) is 0 Å². The molecule has 1 aliphatic rings. The second-order valence-electron chi connectivity index (χ2n) is 6.81. The van der Waals surface area contributed by atoms with Crippen molar-refractivity contribution in [1.29, 1.82) is 0 Å². The number of urea groups is 1. The highest BCUT2D eigenvalue weighted by Gasteiger charge is 2.39. The second-order valence-corrected chi connectivity index (χ2v) is 8.75. The molecule has 0 saturated carbocycles. The average Bonchev–Trinajstić information content (AvgIpc) is 2.31. The summed E-state index contributed by atoms with van der Waals surface area (Å²) in [5, 5.41) is 2.49. The molecular formula is C13H26N4O4S. The number of hydrogen-bond donors (Lipinski definition) is 2. The van der Waals surface area contributed by atoms with Crippen LogP contribution in [-0.2, 0) is 14.8 Å². The van der Waals surface area contributed by atoms with Gasteiger partial charge in [0.2, 0.25) is 15.9 Å². The molecule has 128 valence electrons. The predicted molar refractivity (Wildman–Crippen MR) is 83.6 cm³/mol. The van der Waals surface area contributed by atoms with Crippen LogP contribution in [0.15, 0.2) is 0 Å². The van der Waals surface area contributed by atoms with Crippen molar-refractivity contribution in [2.75, 3.05) is 25.9 Å². The van der Waals surface area contributed by atoms with E-state index in [1.807, 2.05) is 20.8 Å². The summed E-state index contributed by atoms with van der Waals surface area (Å²) >= 11 is 0. The molecule has 9 heteroatoms. The van der Waals surface area contributed by atoms with Crippen molar-refractivity contribution in [2.24, 2.45) is 11.1 Å². The number of amides is 3. The molecule has 2 atom stereocenters. The van der Waals surface area contributed by atoms with E-state index >= 15 is 0 Å². The lowest BCUT2D eigenvalue weighted by Crippen LogP contribution is -2.61. The minimum Gasteiger partial charge on any atom is -0.352 e. The van der Waals surface area contributed by atoms with Crippen LogP contribution in [0.1, 0.15) is 27.7 Å². The lowest BCUT2D eigenvalue weighted by Gasteiger charge is -2.41. The van der Waals surface area contributed by atoms with Gasteiger partial charge in [-0.2, -0.15) is 4.31 Å². The van der Waals surface area contributed by atoms with Gasteiger partial charge in [0.25, 0.3) is 0 Å². The van der Waals surface area contributed by atoms with Gasteiger partial charge in [-0.15, -0.1) is 0 Å². The molecule has 0 unspecified atom stereocenters. The van der Waals surface area contributed by atoms with Gasteiger partial charge in [0, 0.05) is 25.7 Å². The zero-order chi connectivity index (χ0) is 17.3. The van der Waals surface area contributed by atoms with E-state index in [1.54, 1.807) is 11.8 Å². The third kappa shape index (κ3) is 4.57. The molecule has 1 saturated heterocycles. The van der Waals surface area contributed by atoms with Crippen molar-refractivity contribution < 1.29 is 18.0 Å². The van der Waals surface area contributed by atoms with Crippen LogP contribution < -0.4 is 11.1 Å². The van der Waals surface area contributed by atoms with Crippen LogP contribution in [0.3, 0.4) is 0 Å². The fourth-order valence-electron chi connectivity index (χ4n) is 2.61. The minimum absolute atomic E-state index is 0.244. The minimum atomic E-state index is -3.29. The maximum Gasteiger partial charge on any atom is 0.312 e. The average molecular weight is 334 g/mol. The zero-order valence-corrected chi connectivity index (χ0v) is 14.6. The smallest absolute Gasteiger partial charge is 0.312 e. The van der Waals surface area contributed by atoms with Crippen molar-refractivity contribution in [2.45, 2.75) is 39.8 Å². The number of nitrogens with two attached hydrogens (primary N) is 1. The summed E-state index contributed by atoms with van der Waals surface area (Å²) in [4.78, 5) is 25.4. The Labute approximate surface area is 132 Å². The molecule has 3 N–H and O–H groups in total. The quantitative estimate of drug-likeness (QED) is 0.728. The molecule has 8 nitrogen and oxygen atoms in total. The molecule has 0 aromatic rings. The van der Waals surface area contributed by atoms with Crippen LogP contribution in [0, 0.1) is 5.41 Å². The molecule has 22 heavy (non-hydrogen) atoms. The van der Waals surface area contributed by atoms with E-state index < -0.39 is 27.5 Å². The topological polar surface area (TPSA) is 113 Å².